The summed E-state index contributed by atoms with van der Waals surface area (Å²) in [6.45, 7) is 2.92. The number of hydrogen-bond acceptors (Lipinski definition) is 3. The van der Waals surface area contributed by atoms with Crippen molar-refractivity contribution in [1.82, 2.24) is 5.32 Å². The van der Waals surface area contributed by atoms with Crippen molar-refractivity contribution in [2.75, 3.05) is 18.1 Å². The van der Waals surface area contributed by atoms with Gasteiger partial charge in [0, 0.05) is 6.54 Å². The van der Waals surface area contributed by atoms with E-state index in [1.807, 2.05) is 11.8 Å². The molecule has 0 heterocycles. The number of carbonyl (C=O) groups is 1. The average Bonchev–Trinajstić information content (AvgIpc) is 2.76. The highest BCUT2D eigenvalue weighted by molar-refractivity contribution is 7.99. The molecule has 1 N–H and O–H groups in total. The molecule has 3 nitrogen and oxygen atoms in total. The fourth-order valence-corrected chi connectivity index (χ4v) is 2.65. The first-order valence-electron chi connectivity index (χ1n) is 6.35. The van der Waals surface area contributed by atoms with Crippen molar-refractivity contribution in [3.63, 3.8) is 0 Å². The fraction of sp³-hybridized carbons (Fsp3) is 0.917. The molecule has 0 radical (unpaired) electrons. The minimum Gasteiger partial charge on any atom is -0.446 e. The summed E-state index contributed by atoms with van der Waals surface area (Å²) in [7, 11) is 0. The van der Waals surface area contributed by atoms with Gasteiger partial charge in [0.05, 0.1) is 0 Å². The molecule has 94 valence electrons. The van der Waals surface area contributed by atoms with Gasteiger partial charge in [-0.05, 0) is 50.0 Å². The molecule has 0 aromatic heterocycles. The standard InChI is InChI=1S/C12H23NO2S/c1-2-9-16-10-5-8-13-12(14)15-11-6-3-4-7-11/h11H,2-10H2,1H3,(H,13,14). The molecule has 0 bridgehead atoms. The van der Waals surface area contributed by atoms with Gasteiger partial charge in [0.1, 0.15) is 6.10 Å². The second kappa shape index (κ2) is 8.74. The first-order chi connectivity index (χ1) is 7.83. The van der Waals surface area contributed by atoms with Crippen LogP contribution in [0.5, 0.6) is 0 Å². The van der Waals surface area contributed by atoms with Gasteiger partial charge in [-0.1, -0.05) is 6.92 Å². The van der Waals surface area contributed by atoms with E-state index in [9.17, 15) is 4.79 Å². The third-order valence-corrected chi connectivity index (χ3v) is 3.93. The molecule has 1 amide bonds. The minimum atomic E-state index is -0.229. The van der Waals surface area contributed by atoms with Gasteiger partial charge in [-0.25, -0.2) is 4.79 Å². The van der Waals surface area contributed by atoms with E-state index in [1.165, 1.54) is 25.0 Å². The Hall–Kier alpha value is -0.380. The van der Waals surface area contributed by atoms with Crippen LogP contribution in [0.25, 0.3) is 0 Å². The van der Waals surface area contributed by atoms with Crippen LogP contribution in [0, 0.1) is 0 Å². The maximum atomic E-state index is 11.3. The molecule has 16 heavy (non-hydrogen) atoms. The molecule has 0 aromatic carbocycles. The predicted molar refractivity (Wildman–Crippen MR) is 69.0 cm³/mol. The van der Waals surface area contributed by atoms with Gasteiger partial charge in [-0.2, -0.15) is 11.8 Å². The molecule has 0 aromatic rings. The molecular formula is C12H23NO2S. The van der Waals surface area contributed by atoms with Gasteiger partial charge in [-0.3, -0.25) is 0 Å². The van der Waals surface area contributed by atoms with E-state index in [0.717, 1.165) is 31.6 Å². The molecule has 0 saturated heterocycles. The van der Waals surface area contributed by atoms with Crippen LogP contribution in [0.1, 0.15) is 45.4 Å². The van der Waals surface area contributed by atoms with Crippen molar-refractivity contribution in [2.45, 2.75) is 51.6 Å². The lowest BCUT2D eigenvalue weighted by atomic mass is 10.3. The third-order valence-electron chi connectivity index (χ3n) is 2.66. The van der Waals surface area contributed by atoms with Crippen LogP contribution in [0.4, 0.5) is 4.79 Å². The SMILES string of the molecule is CCCSCCCNC(=O)OC1CCCC1. The Bertz CT molecular complexity index is 193. The Kier molecular flexibility index (Phi) is 7.47. The molecule has 0 unspecified atom stereocenters. The first-order valence-corrected chi connectivity index (χ1v) is 7.50. The van der Waals surface area contributed by atoms with Crippen molar-refractivity contribution in [3.8, 4) is 0 Å². The van der Waals surface area contributed by atoms with Gasteiger partial charge in [0.2, 0.25) is 0 Å². The summed E-state index contributed by atoms with van der Waals surface area (Å²) in [4.78, 5) is 11.3. The van der Waals surface area contributed by atoms with Crippen LogP contribution in [-0.2, 0) is 4.74 Å². The zero-order valence-corrected chi connectivity index (χ0v) is 11.0. The minimum absolute atomic E-state index is 0.175. The number of alkyl carbamates (subject to hydrolysis) is 1. The van der Waals surface area contributed by atoms with Crippen molar-refractivity contribution >= 4 is 17.9 Å². The number of hydrogen-bond donors (Lipinski definition) is 1. The number of carbonyl (C=O) groups excluding carboxylic acids is 1. The summed E-state index contributed by atoms with van der Waals surface area (Å²) in [5, 5.41) is 2.81. The Labute approximate surface area is 103 Å². The highest BCUT2D eigenvalue weighted by Crippen LogP contribution is 2.20. The van der Waals surface area contributed by atoms with Gasteiger partial charge < -0.3 is 10.1 Å². The summed E-state index contributed by atoms with van der Waals surface area (Å²) >= 11 is 1.95. The Morgan fingerprint density at radius 2 is 2.12 bits per heavy atom. The van der Waals surface area contributed by atoms with Crippen LogP contribution >= 0.6 is 11.8 Å². The van der Waals surface area contributed by atoms with E-state index < -0.39 is 0 Å². The number of thioether (sulfide) groups is 1. The molecule has 0 spiro atoms. The third kappa shape index (κ3) is 6.26. The molecule has 1 aliphatic carbocycles. The smallest absolute Gasteiger partial charge is 0.407 e. The summed E-state index contributed by atoms with van der Waals surface area (Å²) in [6, 6.07) is 0. The van der Waals surface area contributed by atoms with E-state index in [1.54, 1.807) is 0 Å². The maximum absolute atomic E-state index is 11.3. The highest BCUT2D eigenvalue weighted by Gasteiger charge is 2.18. The monoisotopic (exact) mass is 245 g/mol. The Morgan fingerprint density at radius 3 is 2.81 bits per heavy atom. The quantitative estimate of drug-likeness (QED) is 0.700. The highest BCUT2D eigenvalue weighted by atomic mass is 32.2. The summed E-state index contributed by atoms with van der Waals surface area (Å²) in [5.41, 5.74) is 0. The van der Waals surface area contributed by atoms with Gasteiger partial charge in [0.25, 0.3) is 0 Å². The maximum Gasteiger partial charge on any atom is 0.407 e. The molecule has 4 heteroatoms. The molecule has 1 aliphatic rings. The second-order valence-corrected chi connectivity index (χ2v) is 5.43. The summed E-state index contributed by atoms with van der Waals surface area (Å²) in [5.74, 6) is 2.34. The molecule has 0 aliphatic heterocycles. The van der Waals surface area contributed by atoms with Gasteiger partial charge in [0.15, 0.2) is 0 Å². The van der Waals surface area contributed by atoms with Gasteiger partial charge in [-0.15, -0.1) is 0 Å². The largest absolute Gasteiger partial charge is 0.446 e. The zero-order valence-electron chi connectivity index (χ0n) is 10.2. The molecule has 1 rings (SSSR count). The molecule has 1 fully saturated rings. The molecule has 0 atom stereocenters. The average molecular weight is 245 g/mol. The van der Waals surface area contributed by atoms with Crippen molar-refractivity contribution < 1.29 is 9.53 Å². The lowest BCUT2D eigenvalue weighted by Crippen LogP contribution is -2.28. The number of nitrogens with one attached hydrogen (secondary N) is 1. The van der Waals surface area contributed by atoms with Crippen LogP contribution < -0.4 is 5.32 Å². The summed E-state index contributed by atoms with van der Waals surface area (Å²) < 4.78 is 5.28. The Balaban J connectivity index is 1.89. The topological polar surface area (TPSA) is 38.3 Å². The van der Waals surface area contributed by atoms with Crippen molar-refractivity contribution in [3.05, 3.63) is 0 Å². The van der Waals surface area contributed by atoms with Crippen LogP contribution in [0.2, 0.25) is 0 Å². The van der Waals surface area contributed by atoms with E-state index >= 15 is 0 Å². The predicted octanol–water partition coefficient (Wildman–Crippen LogP) is 3.19. The van der Waals surface area contributed by atoms with Gasteiger partial charge >= 0.3 is 6.09 Å². The van der Waals surface area contributed by atoms with E-state index in [4.69, 9.17) is 4.74 Å². The lowest BCUT2D eigenvalue weighted by molar-refractivity contribution is 0.101. The van der Waals surface area contributed by atoms with Crippen molar-refractivity contribution in [2.24, 2.45) is 0 Å². The zero-order chi connectivity index (χ0) is 11.6. The normalized spacial score (nSPS) is 16.3. The first kappa shape index (κ1) is 13.7. The van der Waals surface area contributed by atoms with E-state index in [0.29, 0.717) is 0 Å². The molecule has 1 saturated carbocycles. The lowest BCUT2D eigenvalue weighted by Gasteiger charge is -2.11. The van der Waals surface area contributed by atoms with E-state index in [2.05, 4.69) is 12.2 Å². The van der Waals surface area contributed by atoms with Crippen LogP contribution in [0.15, 0.2) is 0 Å². The van der Waals surface area contributed by atoms with E-state index in [-0.39, 0.29) is 12.2 Å². The van der Waals surface area contributed by atoms with Crippen LogP contribution in [0.3, 0.4) is 0 Å². The second-order valence-electron chi connectivity index (χ2n) is 4.20. The molecular weight excluding hydrogens is 222 g/mol. The summed E-state index contributed by atoms with van der Waals surface area (Å²) in [6.07, 6.45) is 6.69. The van der Waals surface area contributed by atoms with Crippen LogP contribution in [-0.4, -0.2) is 30.2 Å². The van der Waals surface area contributed by atoms with Crippen molar-refractivity contribution in [1.29, 1.82) is 0 Å². The number of ether oxygens (including phenoxy) is 1. The Morgan fingerprint density at radius 1 is 1.38 bits per heavy atom. The number of rotatable bonds is 7. The number of amides is 1. The fourth-order valence-electron chi connectivity index (χ4n) is 1.81.